The normalized spacial score (nSPS) is 15.4. The van der Waals surface area contributed by atoms with E-state index < -0.39 is 34.2 Å². The Bertz CT molecular complexity index is 1040. The number of benzene rings is 2. The van der Waals surface area contributed by atoms with Gasteiger partial charge in [0.25, 0.3) is 0 Å². The van der Waals surface area contributed by atoms with E-state index in [-0.39, 0.29) is 36.2 Å². The van der Waals surface area contributed by atoms with Crippen LogP contribution in [0.15, 0.2) is 59.5 Å². The first kappa shape index (κ1) is 29.8. The molecule has 9 heteroatoms. The molecule has 0 saturated carbocycles. The monoisotopic (exact) mass is 520 g/mol. The molecule has 0 bridgehead atoms. The van der Waals surface area contributed by atoms with Crippen molar-refractivity contribution in [3.05, 3.63) is 60.2 Å². The number of aliphatic hydroxyl groups is 2. The zero-order valence-corrected chi connectivity index (χ0v) is 22.6. The summed E-state index contributed by atoms with van der Waals surface area (Å²) in [6, 6.07) is 14.6. The van der Waals surface area contributed by atoms with E-state index in [0.717, 1.165) is 12.0 Å². The first-order valence-electron chi connectivity index (χ1n) is 12.3. The molecule has 0 aliphatic carbocycles. The van der Waals surface area contributed by atoms with Crippen LogP contribution in [0.4, 0.5) is 0 Å². The summed E-state index contributed by atoms with van der Waals surface area (Å²) < 4.78 is 33.5. The van der Waals surface area contributed by atoms with Crippen LogP contribution >= 0.6 is 0 Å². The Morgan fingerprint density at radius 3 is 2.14 bits per heavy atom. The van der Waals surface area contributed by atoms with Crippen molar-refractivity contribution >= 4 is 15.9 Å². The lowest BCUT2D eigenvalue weighted by Gasteiger charge is -2.31. The fourth-order valence-electron chi connectivity index (χ4n) is 3.70. The molecule has 4 atom stereocenters. The maximum absolute atomic E-state index is 13.6. The molecule has 0 unspecified atom stereocenters. The standard InChI is InChI=1S/C27H40N2O6S/c1-6-20(4)17-29(36(33,34)23-14-12-22(35-5)13-15-23)18-25(30)24(16-21-10-8-7-9-11-21)28-27(32)26(31)19(2)3/h7-15,19-20,24-26,30-31H,6,16-18H2,1-5H3,(H,28,32)/t20-,24-,25+,26-/m0/s1. The van der Waals surface area contributed by atoms with E-state index in [9.17, 15) is 23.4 Å². The zero-order valence-electron chi connectivity index (χ0n) is 21.8. The Labute approximate surface area is 215 Å². The molecule has 200 valence electrons. The maximum Gasteiger partial charge on any atom is 0.249 e. The summed E-state index contributed by atoms with van der Waals surface area (Å²) in [4.78, 5) is 12.8. The van der Waals surface area contributed by atoms with Crippen molar-refractivity contribution in [2.45, 2.75) is 63.7 Å². The second kappa shape index (κ2) is 13.7. The highest BCUT2D eigenvalue weighted by Gasteiger charge is 2.32. The third-order valence-corrected chi connectivity index (χ3v) is 8.14. The molecule has 36 heavy (non-hydrogen) atoms. The van der Waals surface area contributed by atoms with E-state index in [4.69, 9.17) is 4.74 Å². The van der Waals surface area contributed by atoms with Gasteiger partial charge in [-0.15, -0.1) is 0 Å². The number of rotatable bonds is 14. The Morgan fingerprint density at radius 1 is 1.00 bits per heavy atom. The molecule has 1 amide bonds. The molecule has 0 heterocycles. The lowest BCUT2D eigenvalue weighted by molar-refractivity contribution is -0.133. The van der Waals surface area contributed by atoms with Crippen LogP contribution in [0.25, 0.3) is 0 Å². The molecule has 0 aliphatic heterocycles. The highest BCUT2D eigenvalue weighted by Crippen LogP contribution is 2.22. The molecule has 0 saturated heterocycles. The van der Waals surface area contributed by atoms with Gasteiger partial charge >= 0.3 is 0 Å². The van der Waals surface area contributed by atoms with Crippen LogP contribution in [0.1, 0.15) is 39.7 Å². The SMILES string of the molecule is CC[C@H](C)CN(C[C@@H](O)[C@H](Cc1ccccc1)NC(=O)[C@@H](O)C(C)C)S(=O)(=O)c1ccc(OC)cc1. The fraction of sp³-hybridized carbons (Fsp3) is 0.519. The molecule has 2 rings (SSSR count). The third kappa shape index (κ3) is 8.30. The first-order chi connectivity index (χ1) is 17.0. The summed E-state index contributed by atoms with van der Waals surface area (Å²) >= 11 is 0. The van der Waals surface area contributed by atoms with Crippen molar-refractivity contribution in [2.75, 3.05) is 20.2 Å². The van der Waals surface area contributed by atoms with E-state index in [1.165, 1.54) is 23.5 Å². The minimum absolute atomic E-state index is 0.0511. The van der Waals surface area contributed by atoms with Crippen molar-refractivity contribution in [1.82, 2.24) is 9.62 Å². The first-order valence-corrected chi connectivity index (χ1v) is 13.8. The van der Waals surface area contributed by atoms with Crippen molar-refractivity contribution in [3.63, 3.8) is 0 Å². The van der Waals surface area contributed by atoms with Gasteiger partial charge in [0.1, 0.15) is 11.9 Å². The van der Waals surface area contributed by atoms with Gasteiger partial charge in [-0.2, -0.15) is 4.31 Å². The molecule has 3 N–H and O–H groups in total. The van der Waals surface area contributed by atoms with Crippen molar-refractivity contribution in [1.29, 1.82) is 0 Å². The molecule has 2 aromatic carbocycles. The van der Waals surface area contributed by atoms with E-state index in [1.54, 1.807) is 26.0 Å². The Kier molecular flexibility index (Phi) is 11.4. The number of hydrogen-bond acceptors (Lipinski definition) is 6. The third-order valence-electron chi connectivity index (χ3n) is 6.29. The van der Waals surface area contributed by atoms with Gasteiger partial charge in [-0.05, 0) is 48.1 Å². The molecule has 8 nitrogen and oxygen atoms in total. The maximum atomic E-state index is 13.6. The van der Waals surface area contributed by atoms with Gasteiger partial charge in [-0.3, -0.25) is 4.79 Å². The number of sulfonamides is 1. The molecule has 0 radical (unpaired) electrons. The van der Waals surface area contributed by atoms with Crippen LogP contribution in [0, 0.1) is 11.8 Å². The number of ether oxygens (including phenoxy) is 1. The van der Waals surface area contributed by atoms with E-state index >= 15 is 0 Å². The van der Waals surface area contributed by atoms with Crippen LogP contribution in [0.2, 0.25) is 0 Å². The van der Waals surface area contributed by atoms with Crippen LogP contribution in [0.5, 0.6) is 5.75 Å². The van der Waals surface area contributed by atoms with Gasteiger partial charge in [0.05, 0.1) is 24.2 Å². The summed E-state index contributed by atoms with van der Waals surface area (Å²) in [5.41, 5.74) is 0.868. The lowest BCUT2D eigenvalue weighted by Crippen LogP contribution is -2.53. The second-order valence-corrected chi connectivity index (χ2v) is 11.5. The molecule has 0 aromatic heterocycles. The number of carbonyl (C=O) groups is 1. The van der Waals surface area contributed by atoms with Gasteiger partial charge in [-0.25, -0.2) is 8.42 Å². The van der Waals surface area contributed by atoms with Crippen LogP contribution in [-0.2, 0) is 21.2 Å². The molecular formula is C27H40N2O6S. The second-order valence-electron chi connectivity index (χ2n) is 9.57. The number of methoxy groups -OCH3 is 1. The molecule has 0 fully saturated rings. The Hall–Kier alpha value is -2.46. The average Bonchev–Trinajstić information content (AvgIpc) is 2.87. The lowest BCUT2D eigenvalue weighted by atomic mass is 9.99. The summed E-state index contributed by atoms with van der Waals surface area (Å²) in [6.45, 7) is 7.37. The minimum Gasteiger partial charge on any atom is -0.497 e. The van der Waals surface area contributed by atoms with E-state index in [0.29, 0.717) is 5.75 Å². The summed E-state index contributed by atoms with van der Waals surface area (Å²) in [5, 5.41) is 24.2. The summed E-state index contributed by atoms with van der Waals surface area (Å²) in [7, 11) is -2.43. The zero-order chi connectivity index (χ0) is 26.9. The van der Waals surface area contributed by atoms with Crippen LogP contribution < -0.4 is 10.1 Å². The number of carbonyl (C=O) groups excluding carboxylic acids is 1. The van der Waals surface area contributed by atoms with Gasteiger partial charge < -0.3 is 20.3 Å². The average molecular weight is 521 g/mol. The van der Waals surface area contributed by atoms with Crippen molar-refractivity contribution in [3.8, 4) is 5.75 Å². The summed E-state index contributed by atoms with van der Waals surface area (Å²) in [6.07, 6.45) is -1.42. The van der Waals surface area contributed by atoms with Gasteiger partial charge in [0.2, 0.25) is 15.9 Å². The van der Waals surface area contributed by atoms with Gasteiger partial charge in [0, 0.05) is 13.1 Å². The molecule has 2 aromatic rings. The van der Waals surface area contributed by atoms with E-state index in [2.05, 4.69) is 5.32 Å². The van der Waals surface area contributed by atoms with Gasteiger partial charge in [0.15, 0.2) is 0 Å². The minimum atomic E-state index is -3.94. The number of aliphatic hydroxyl groups excluding tert-OH is 2. The van der Waals surface area contributed by atoms with Crippen LogP contribution in [-0.4, -0.2) is 67.3 Å². The number of nitrogens with one attached hydrogen (secondary N) is 1. The summed E-state index contributed by atoms with van der Waals surface area (Å²) in [5.74, 6) is -0.319. The topological polar surface area (TPSA) is 116 Å². The molecule has 0 spiro atoms. The quantitative estimate of drug-likeness (QED) is 0.353. The van der Waals surface area contributed by atoms with E-state index in [1.807, 2.05) is 44.2 Å². The number of amides is 1. The van der Waals surface area contributed by atoms with Crippen LogP contribution in [0.3, 0.4) is 0 Å². The van der Waals surface area contributed by atoms with Gasteiger partial charge in [-0.1, -0.05) is 64.4 Å². The highest BCUT2D eigenvalue weighted by atomic mass is 32.2. The predicted molar refractivity (Wildman–Crippen MR) is 140 cm³/mol. The van der Waals surface area contributed by atoms with Crippen molar-refractivity contribution < 1.29 is 28.2 Å². The highest BCUT2D eigenvalue weighted by molar-refractivity contribution is 7.89. The van der Waals surface area contributed by atoms with Crippen molar-refractivity contribution in [2.24, 2.45) is 11.8 Å². The Balaban J connectivity index is 2.35. The fourth-order valence-corrected chi connectivity index (χ4v) is 5.28. The molecule has 0 aliphatic rings. The number of hydrogen-bond donors (Lipinski definition) is 3. The smallest absolute Gasteiger partial charge is 0.249 e. The molecular weight excluding hydrogens is 480 g/mol. The predicted octanol–water partition coefficient (Wildman–Crippen LogP) is 2.84. The largest absolute Gasteiger partial charge is 0.497 e. The Morgan fingerprint density at radius 2 is 1.61 bits per heavy atom. The number of nitrogens with zero attached hydrogens (tertiary/aromatic N) is 1.